The third-order valence-corrected chi connectivity index (χ3v) is 5.80. The summed E-state index contributed by atoms with van der Waals surface area (Å²) in [7, 11) is 1.69. The first-order valence-electron chi connectivity index (χ1n) is 11.1. The van der Waals surface area contributed by atoms with Gasteiger partial charge in [0, 0.05) is 47.4 Å². The van der Waals surface area contributed by atoms with Crippen LogP contribution in [-0.2, 0) is 6.18 Å². The summed E-state index contributed by atoms with van der Waals surface area (Å²) in [6.07, 6.45) is -0.446. The molecule has 38 heavy (non-hydrogen) atoms. The van der Waals surface area contributed by atoms with Crippen molar-refractivity contribution in [3.05, 3.63) is 106 Å². The van der Waals surface area contributed by atoms with Gasteiger partial charge in [0.25, 0.3) is 5.91 Å². The van der Waals surface area contributed by atoms with E-state index in [0.717, 1.165) is 12.3 Å². The Hall–Kier alpha value is -4.57. The molecule has 4 rings (SSSR count). The van der Waals surface area contributed by atoms with Crippen molar-refractivity contribution in [2.75, 3.05) is 12.4 Å². The molecule has 0 aliphatic rings. The van der Waals surface area contributed by atoms with E-state index in [0.29, 0.717) is 33.9 Å². The highest BCUT2D eigenvalue weighted by molar-refractivity contribution is 6.31. The van der Waals surface area contributed by atoms with Crippen molar-refractivity contribution >= 4 is 51.8 Å². The molecule has 0 atom stereocenters. The minimum Gasteiger partial charge on any atom is -0.393 e. The number of hydrogen-bond donors (Lipinski definition) is 3. The smallest absolute Gasteiger partial charge is 0.393 e. The number of aromatic nitrogens is 2. The number of halogens is 4. The van der Waals surface area contributed by atoms with Gasteiger partial charge in [0.2, 0.25) is 0 Å². The van der Waals surface area contributed by atoms with Crippen molar-refractivity contribution in [1.29, 1.82) is 5.41 Å². The van der Waals surface area contributed by atoms with Crippen molar-refractivity contribution < 1.29 is 22.8 Å². The van der Waals surface area contributed by atoms with E-state index in [1.165, 1.54) is 24.4 Å². The van der Waals surface area contributed by atoms with Gasteiger partial charge in [-0.3, -0.25) is 14.6 Å². The molecule has 1 amide bonds. The molecule has 3 N–H and O–H groups in total. The van der Waals surface area contributed by atoms with Crippen LogP contribution in [0.4, 0.5) is 18.9 Å². The number of anilines is 1. The molecule has 4 aromatic rings. The van der Waals surface area contributed by atoms with Crippen LogP contribution in [0.3, 0.4) is 0 Å². The number of rotatable bonds is 7. The van der Waals surface area contributed by atoms with E-state index in [1.807, 2.05) is 0 Å². The number of allylic oxidation sites excluding steroid dienone is 1. The van der Waals surface area contributed by atoms with Crippen LogP contribution >= 0.6 is 11.6 Å². The molecule has 0 saturated carbocycles. The molecular formula is C27H19ClF3N5O2. The largest absolute Gasteiger partial charge is 0.417 e. The Balaban J connectivity index is 1.59. The average Bonchev–Trinajstić information content (AvgIpc) is 2.90. The van der Waals surface area contributed by atoms with E-state index in [1.54, 1.807) is 43.6 Å². The van der Waals surface area contributed by atoms with Crippen LogP contribution in [0.5, 0.6) is 0 Å². The molecule has 0 aliphatic heterocycles. The molecule has 0 radical (unpaired) electrons. The Morgan fingerprint density at radius 3 is 2.42 bits per heavy atom. The van der Waals surface area contributed by atoms with Crippen LogP contribution in [0.1, 0.15) is 37.5 Å². The first-order chi connectivity index (χ1) is 18.1. The molecule has 0 bridgehead atoms. The number of amides is 1. The molecule has 0 saturated heterocycles. The van der Waals surface area contributed by atoms with E-state index in [-0.39, 0.29) is 22.6 Å². The van der Waals surface area contributed by atoms with Crippen LogP contribution in [0.15, 0.2) is 73.1 Å². The maximum Gasteiger partial charge on any atom is 0.417 e. The maximum absolute atomic E-state index is 13.2. The van der Waals surface area contributed by atoms with Crippen LogP contribution in [0.25, 0.3) is 16.6 Å². The van der Waals surface area contributed by atoms with Crippen molar-refractivity contribution in [3.63, 3.8) is 0 Å². The summed E-state index contributed by atoms with van der Waals surface area (Å²) >= 11 is 5.63. The van der Waals surface area contributed by atoms with Crippen LogP contribution in [0, 0.1) is 5.41 Å². The van der Waals surface area contributed by atoms with Gasteiger partial charge >= 0.3 is 6.18 Å². The molecule has 0 aliphatic carbocycles. The predicted molar refractivity (Wildman–Crippen MR) is 140 cm³/mol. The van der Waals surface area contributed by atoms with Gasteiger partial charge in [-0.05, 0) is 48.5 Å². The number of alkyl halides is 3. The fourth-order valence-electron chi connectivity index (χ4n) is 3.63. The molecule has 3 aromatic carbocycles. The predicted octanol–water partition coefficient (Wildman–Crippen LogP) is 6.00. The van der Waals surface area contributed by atoms with Gasteiger partial charge < -0.3 is 16.0 Å². The molecular weight excluding hydrogens is 519 g/mol. The zero-order valence-corrected chi connectivity index (χ0v) is 20.5. The number of benzene rings is 3. The maximum atomic E-state index is 13.2. The van der Waals surface area contributed by atoms with Gasteiger partial charge in [0.1, 0.15) is 0 Å². The molecule has 7 nitrogen and oxygen atoms in total. The standard InChI is InChI=1S/C27H19ClF3N5O2/c1-33-13-18(12-32)24-14-34-22-8-6-16(11-23(22)36-24)25(37)15-3-2-4-19(9-15)35-26(38)17-5-7-21(28)20(10-17)27(29,30)31/h2-14,32-33H,1H3,(H,35,38)/b18-13+,32-12?. The second kappa shape index (κ2) is 10.8. The van der Waals surface area contributed by atoms with E-state index in [4.69, 9.17) is 17.0 Å². The molecule has 11 heteroatoms. The normalized spacial score (nSPS) is 11.8. The van der Waals surface area contributed by atoms with Crippen molar-refractivity contribution in [2.24, 2.45) is 0 Å². The van der Waals surface area contributed by atoms with Crippen LogP contribution < -0.4 is 10.6 Å². The first-order valence-corrected chi connectivity index (χ1v) is 11.5. The lowest BCUT2D eigenvalue weighted by atomic mass is 10.0. The molecule has 192 valence electrons. The number of ketones is 1. The van der Waals surface area contributed by atoms with E-state index in [9.17, 15) is 22.8 Å². The highest BCUT2D eigenvalue weighted by Crippen LogP contribution is 2.35. The topological polar surface area (TPSA) is 108 Å². The summed E-state index contributed by atoms with van der Waals surface area (Å²) < 4.78 is 39.5. The second-order valence-electron chi connectivity index (χ2n) is 8.05. The van der Waals surface area contributed by atoms with E-state index in [2.05, 4.69) is 20.6 Å². The van der Waals surface area contributed by atoms with E-state index < -0.39 is 22.7 Å². The fraction of sp³-hybridized carbons (Fsp3) is 0.0741. The lowest BCUT2D eigenvalue weighted by Crippen LogP contribution is -2.14. The number of carbonyl (C=O) groups excluding carboxylic acids is 2. The van der Waals surface area contributed by atoms with E-state index >= 15 is 0 Å². The van der Waals surface area contributed by atoms with Gasteiger partial charge in [-0.25, -0.2) is 4.98 Å². The van der Waals surface area contributed by atoms with Gasteiger partial charge in [0.15, 0.2) is 5.78 Å². The van der Waals surface area contributed by atoms with Crippen LogP contribution in [-0.4, -0.2) is 34.9 Å². The third kappa shape index (κ3) is 5.70. The monoisotopic (exact) mass is 537 g/mol. The molecule has 0 unspecified atom stereocenters. The summed E-state index contributed by atoms with van der Waals surface area (Å²) in [5.41, 5.74) is 1.39. The fourth-order valence-corrected chi connectivity index (χ4v) is 3.85. The van der Waals surface area contributed by atoms with Gasteiger partial charge in [0.05, 0.1) is 33.5 Å². The van der Waals surface area contributed by atoms with Crippen molar-refractivity contribution in [1.82, 2.24) is 15.3 Å². The molecule has 0 fully saturated rings. The Labute approximate surface area is 219 Å². The molecule has 1 aromatic heterocycles. The lowest BCUT2D eigenvalue weighted by Gasteiger charge is -2.12. The minimum absolute atomic E-state index is 0.222. The second-order valence-corrected chi connectivity index (χ2v) is 8.46. The Kier molecular flexibility index (Phi) is 7.54. The minimum atomic E-state index is -4.71. The highest BCUT2D eigenvalue weighted by Gasteiger charge is 2.33. The SMILES string of the molecule is CN/C=C(\C=N)c1cnc2ccc(C(=O)c3cccc(NC(=O)c4ccc(Cl)c(C(F)(F)F)c4)c3)cc2n1. The van der Waals surface area contributed by atoms with Gasteiger partial charge in [-0.2, -0.15) is 13.2 Å². The summed E-state index contributed by atoms with van der Waals surface area (Å²) in [5.74, 6) is -1.15. The number of nitrogens with zero attached hydrogens (tertiary/aromatic N) is 2. The number of carbonyl (C=O) groups is 2. The van der Waals surface area contributed by atoms with Gasteiger partial charge in [-0.1, -0.05) is 23.7 Å². The number of fused-ring (bicyclic) bond motifs is 1. The van der Waals surface area contributed by atoms with Gasteiger partial charge in [-0.15, -0.1) is 0 Å². The van der Waals surface area contributed by atoms with Crippen LogP contribution in [0.2, 0.25) is 5.02 Å². The summed E-state index contributed by atoms with van der Waals surface area (Å²) in [5, 5.41) is 12.4. The van der Waals surface area contributed by atoms with Crippen molar-refractivity contribution in [2.45, 2.75) is 6.18 Å². The zero-order chi connectivity index (χ0) is 27.4. The highest BCUT2D eigenvalue weighted by atomic mass is 35.5. The molecule has 1 heterocycles. The Morgan fingerprint density at radius 2 is 1.71 bits per heavy atom. The Bertz CT molecular complexity index is 1600. The first kappa shape index (κ1) is 26.5. The summed E-state index contributed by atoms with van der Waals surface area (Å²) in [6, 6.07) is 13.7. The van der Waals surface area contributed by atoms with Crippen molar-refractivity contribution in [3.8, 4) is 0 Å². The third-order valence-electron chi connectivity index (χ3n) is 5.47. The summed E-state index contributed by atoms with van der Waals surface area (Å²) in [6.45, 7) is 0. The molecule has 0 spiro atoms. The summed E-state index contributed by atoms with van der Waals surface area (Å²) in [4.78, 5) is 34.7. The zero-order valence-electron chi connectivity index (χ0n) is 19.7. The number of nitrogens with one attached hydrogen (secondary N) is 3. The lowest BCUT2D eigenvalue weighted by molar-refractivity contribution is -0.137. The quantitative estimate of drug-likeness (QED) is 0.198. The Morgan fingerprint density at radius 1 is 0.974 bits per heavy atom. The average molecular weight is 538 g/mol. The number of hydrogen-bond acceptors (Lipinski definition) is 6.